The van der Waals surface area contributed by atoms with Gasteiger partial charge >= 0.3 is 0 Å². The SMILES string of the molecule is CCn1c(C(C)NS(=O)(=O)c2ccc(Cl)cc2)nc2cnc(Cl)cc21. The standard InChI is InChI=1S/C16H16Cl2N4O2S/c1-3-22-14-8-15(18)19-9-13(14)20-16(22)10(2)21-25(23,24)12-6-4-11(17)5-7-12/h4-10,21H,3H2,1-2H3. The van der Waals surface area contributed by atoms with Gasteiger partial charge in [-0.1, -0.05) is 23.2 Å². The van der Waals surface area contributed by atoms with E-state index in [1.165, 1.54) is 24.3 Å². The summed E-state index contributed by atoms with van der Waals surface area (Å²) in [4.78, 5) is 8.68. The third-order valence-corrected chi connectivity index (χ3v) is 5.81. The molecule has 0 aliphatic rings. The van der Waals surface area contributed by atoms with Crippen LogP contribution in [0, 0.1) is 0 Å². The number of rotatable bonds is 5. The van der Waals surface area contributed by atoms with Crippen molar-refractivity contribution in [2.24, 2.45) is 0 Å². The van der Waals surface area contributed by atoms with Crippen LogP contribution in [-0.4, -0.2) is 23.0 Å². The molecule has 3 rings (SSSR count). The summed E-state index contributed by atoms with van der Waals surface area (Å²) in [5.74, 6) is 0.596. The molecule has 9 heteroatoms. The summed E-state index contributed by atoms with van der Waals surface area (Å²) >= 11 is 11.8. The van der Waals surface area contributed by atoms with Crippen LogP contribution in [0.4, 0.5) is 0 Å². The van der Waals surface area contributed by atoms with Gasteiger partial charge in [-0.3, -0.25) is 0 Å². The van der Waals surface area contributed by atoms with Gasteiger partial charge in [0.1, 0.15) is 16.5 Å². The van der Waals surface area contributed by atoms with Gasteiger partial charge < -0.3 is 4.57 Å². The van der Waals surface area contributed by atoms with Crippen LogP contribution in [0.2, 0.25) is 10.2 Å². The van der Waals surface area contributed by atoms with Gasteiger partial charge in [0.2, 0.25) is 10.0 Å². The van der Waals surface area contributed by atoms with E-state index in [9.17, 15) is 8.42 Å². The molecule has 0 radical (unpaired) electrons. The Bertz CT molecular complexity index is 1020. The van der Waals surface area contributed by atoms with E-state index in [-0.39, 0.29) is 4.90 Å². The summed E-state index contributed by atoms with van der Waals surface area (Å²) in [6.45, 7) is 4.33. The van der Waals surface area contributed by atoms with E-state index in [0.29, 0.717) is 28.1 Å². The fourth-order valence-corrected chi connectivity index (χ4v) is 4.13. The number of benzene rings is 1. The highest BCUT2D eigenvalue weighted by atomic mass is 35.5. The molecule has 1 atom stereocenters. The molecular formula is C16H16Cl2N4O2S. The number of aromatic nitrogens is 3. The van der Waals surface area contributed by atoms with Crippen LogP contribution in [-0.2, 0) is 16.6 Å². The molecule has 0 fully saturated rings. The van der Waals surface area contributed by atoms with Gasteiger partial charge in [-0.05, 0) is 38.1 Å². The van der Waals surface area contributed by atoms with Crippen LogP contribution in [0.15, 0.2) is 41.4 Å². The molecule has 3 aromatic rings. The lowest BCUT2D eigenvalue weighted by molar-refractivity contribution is 0.549. The first-order chi connectivity index (χ1) is 11.8. The summed E-state index contributed by atoms with van der Waals surface area (Å²) in [7, 11) is -3.70. The minimum absolute atomic E-state index is 0.146. The van der Waals surface area contributed by atoms with Crippen molar-refractivity contribution in [3.8, 4) is 0 Å². The predicted octanol–water partition coefficient (Wildman–Crippen LogP) is 3.80. The Morgan fingerprint density at radius 3 is 2.56 bits per heavy atom. The molecule has 25 heavy (non-hydrogen) atoms. The predicted molar refractivity (Wildman–Crippen MR) is 98.4 cm³/mol. The van der Waals surface area contributed by atoms with Crippen LogP contribution in [0.25, 0.3) is 11.0 Å². The number of hydrogen-bond donors (Lipinski definition) is 1. The summed E-state index contributed by atoms with van der Waals surface area (Å²) in [6, 6.07) is 7.18. The number of halogens is 2. The number of fused-ring (bicyclic) bond motifs is 1. The fraction of sp³-hybridized carbons (Fsp3) is 0.250. The minimum Gasteiger partial charge on any atom is -0.327 e. The van der Waals surface area contributed by atoms with Crippen molar-refractivity contribution in [2.45, 2.75) is 31.3 Å². The number of nitrogens with one attached hydrogen (secondary N) is 1. The third kappa shape index (κ3) is 3.64. The summed E-state index contributed by atoms with van der Waals surface area (Å²) in [5.41, 5.74) is 1.48. The maximum atomic E-state index is 12.6. The number of imidazole rings is 1. The molecule has 0 saturated carbocycles. The Kier molecular flexibility index (Phi) is 5.02. The van der Waals surface area contributed by atoms with Crippen LogP contribution in [0.3, 0.4) is 0 Å². The van der Waals surface area contributed by atoms with Crippen LogP contribution < -0.4 is 4.72 Å². The average Bonchev–Trinajstić information content (AvgIpc) is 2.92. The van der Waals surface area contributed by atoms with Crippen molar-refractivity contribution in [1.82, 2.24) is 19.3 Å². The highest BCUT2D eigenvalue weighted by molar-refractivity contribution is 7.89. The number of sulfonamides is 1. The lowest BCUT2D eigenvalue weighted by atomic mass is 10.3. The zero-order valence-corrected chi connectivity index (χ0v) is 15.9. The van der Waals surface area contributed by atoms with Gasteiger partial charge in [-0.2, -0.15) is 0 Å². The van der Waals surface area contributed by atoms with E-state index < -0.39 is 16.1 Å². The van der Waals surface area contributed by atoms with E-state index in [4.69, 9.17) is 23.2 Å². The highest BCUT2D eigenvalue weighted by Crippen LogP contribution is 2.24. The zero-order chi connectivity index (χ0) is 18.2. The Labute approximate surface area is 155 Å². The first-order valence-corrected chi connectivity index (χ1v) is 9.85. The maximum absolute atomic E-state index is 12.6. The number of pyridine rings is 1. The molecule has 0 spiro atoms. The topological polar surface area (TPSA) is 76.9 Å². The molecule has 0 bridgehead atoms. The van der Waals surface area contributed by atoms with Crippen molar-refractivity contribution in [3.63, 3.8) is 0 Å². The van der Waals surface area contributed by atoms with E-state index in [2.05, 4.69) is 14.7 Å². The number of aryl methyl sites for hydroxylation is 1. The van der Waals surface area contributed by atoms with Gasteiger partial charge in [0, 0.05) is 17.6 Å². The normalized spacial score (nSPS) is 13.3. The first kappa shape index (κ1) is 18.1. The molecule has 0 amide bonds. The van der Waals surface area contributed by atoms with E-state index in [1.807, 2.05) is 11.5 Å². The highest BCUT2D eigenvalue weighted by Gasteiger charge is 2.23. The zero-order valence-electron chi connectivity index (χ0n) is 13.6. The van der Waals surface area contributed by atoms with Crippen LogP contribution >= 0.6 is 23.2 Å². The molecule has 1 aromatic carbocycles. The fourth-order valence-electron chi connectivity index (χ4n) is 2.65. The largest absolute Gasteiger partial charge is 0.327 e. The lowest BCUT2D eigenvalue weighted by Crippen LogP contribution is -2.28. The third-order valence-electron chi connectivity index (χ3n) is 3.79. The molecule has 6 nitrogen and oxygen atoms in total. The molecule has 1 unspecified atom stereocenters. The Balaban J connectivity index is 1.96. The molecule has 0 aliphatic carbocycles. The van der Waals surface area contributed by atoms with Gasteiger partial charge in [-0.25, -0.2) is 23.1 Å². The molecule has 1 N–H and O–H groups in total. The van der Waals surface area contributed by atoms with Crippen molar-refractivity contribution in [1.29, 1.82) is 0 Å². The second-order valence-electron chi connectivity index (χ2n) is 5.51. The number of hydrogen-bond acceptors (Lipinski definition) is 4. The minimum atomic E-state index is -3.70. The second kappa shape index (κ2) is 6.92. The second-order valence-corrected chi connectivity index (χ2v) is 8.04. The maximum Gasteiger partial charge on any atom is 0.241 e. The van der Waals surface area contributed by atoms with Crippen LogP contribution in [0.5, 0.6) is 0 Å². The van der Waals surface area contributed by atoms with Gasteiger partial charge in [-0.15, -0.1) is 0 Å². The molecule has 2 heterocycles. The Morgan fingerprint density at radius 1 is 1.24 bits per heavy atom. The Hall–Kier alpha value is -1.67. The molecule has 132 valence electrons. The van der Waals surface area contributed by atoms with E-state index in [1.54, 1.807) is 19.2 Å². The lowest BCUT2D eigenvalue weighted by Gasteiger charge is -2.15. The molecule has 0 saturated heterocycles. The van der Waals surface area contributed by atoms with E-state index in [0.717, 1.165) is 5.52 Å². The van der Waals surface area contributed by atoms with Crippen molar-refractivity contribution >= 4 is 44.3 Å². The quantitative estimate of drug-likeness (QED) is 0.663. The Morgan fingerprint density at radius 2 is 1.92 bits per heavy atom. The molecular weight excluding hydrogens is 383 g/mol. The van der Waals surface area contributed by atoms with Gasteiger partial charge in [0.15, 0.2) is 0 Å². The van der Waals surface area contributed by atoms with E-state index >= 15 is 0 Å². The van der Waals surface area contributed by atoms with Crippen LogP contribution in [0.1, 0.15) is 25.7 Å². The monoisotopic (exact) mass is 398 g/mol. The average molecular weight is 399 g/mol. The molecule has 2 aromatic heterocycles. The molecule has 0 aliphatic heterocycles. The van der Waals surface area contributed by atoms with Crippen molar-refractivity contribution < 1.29 is 8.42 Å². The number of nitrogens with zero attached hydrogens (tertiary/aromatic N) is 3. The first-order valence-electron chi connectivity index (χ1n) is 7.61. The van der Waals surface area contributed by atoms with Crippen molar-refractivity contribution in [3.05, 3.63) is 52.5 Å². The smallest absolute Gasteiger partial charge is 0.241 e. The summed E-state index contributed by atoms with van der Waals surface area (Å²) in [5, 5.41) is 0.840. The summed E-state index contributed by atoms with van der Waals surface area (Å²) < 4.78 is 29.7. The van der Waals surface area contributed by atoms with Crippen molar-refractivity contribution in [2.75, 3.05) is 0 Å². The van der Waals surface area contributed by atoms with Gasteiger partial charge in [0.25, 0.3) is 0 Å². The summed E-state index contributed by atoms with van der Waals surface area (Å²) in [6.07, 6.45) is 1.58. The van der Waals surface area contributed by atoms with Gasteiger partial charge in [0.05, 0.1) is 22.7 Å².